The van der Waals surface area contributed by atoms with Gasteiger partial charge in [-0.2, -0.15) is 15.0 Å². The molecule has 114 valence electrons. The van der Waals surface area contributed by atoms with Gasteiger partial charge in [-0.25, -0.2) is 0 Å². The van der Waals surface area contributed by atoms with E-state index in [1.807, 2.05) is 4.90 Å². The molecule has 4 N–H and O–H groups in total. The summed E-state index contributed by atoms with van der Waals surface area (Å²) in [6, 6.07) is 0. The molecule has 3 rings (SSSR count). The maximum atomic E-state index is 11.4. The van der Waals surface area contributed by atoms with Gasteiger partial charge >= 0.3 is 0 Å². The fourth-order valence-corrected chi connectivity index (χ4v) is 2.96. The molecular formula is C13H21N7O. The number of nitrogen functional groups attached to an aromatic ring is 1. The Morgan fingerprint density at radius 2 is 1.62 bits per heavy atom. The minimum Gasteiger partial charge on any atom is -0.369 e. The molecule has 1 unspecified atom stereocenters. The van der Waals surface area contributed by atoms with Crippen LogP contribution in [0.5, 0.6) is 0 Å². The van der Waals surface area contributed by atoms with Crippen LogP contribution in [0.25, 0.3) is 0 Å². The van der Waals surface area contributed by atoms with Gasteiger partial charge in [-0.1, -0.05) is 0 Å². The third-order valence-corrected chi connectivity index (χ3v) is 4.12. The van der Waals surface area contributed by atoms with Gasteiger partial charge in [0.05, 0.1) is 5.92 Å². The molecule has 3 heterocycles. The quantitative estimate of drug-likeness (QED) is 0.789. The zero-order valence-corrected chi connectivity index (χ0v) is 12.0. The molecule has 2 fully saturated rings. The predicted octanol–water partition coefficient (Wildman–Crippen LogP) is -0.244. The van der Waals surface area contributed by atoms with Gasteiger partial charge in [0, 0.05) is 26.2 Å². The van der Waals surface area contributed by atoms with E-state index in [-0.39, 0.29) is 17.8 Å². The SMILES string of the molecule is NC(=O)C1CCCN(c2nc(N)nc(N3CCCC3)n2)C1. The van der Waals surface area contributed by atoms with Crippen LogP contribution >= 0.6 is 0 Å². The number of rotatable bonds is 3. The Balaban J connectivity index is 1.82. The molecule has 1 aromatic rings. The van der Waals surface area contributed by atoms with Crippen molar-refractivity contribution in [1.82, 2.24) is 15.0 Å². The molecule has 8 nitrogen and oxygen atoms in total. The molecule has 2 aliphatic rings. The number of carbonyl (C=O) groups is 1. The average molecular weight is 291 g/mol. The molecule has 2 aliphatic heterocycles. The maximum absolute atomic E-state index is 11.4. The molecule has 0 aromatic carbocycles. The number of nitrogens with zero attached hydrogens (tertiary/aromatic N) is 5. The minimum atomic E-state index is -0.263. The van der Waals surface area contributed by atoms with E-state index in [0.717, 1.165) is 45.3 Å². The Bertz CT molecular complexity index is 529. The molecule has 1 atom stereocenters. The lowest BCUT2D eigenvalue weighted by atomic mass is 9.98. The van der Waals surface area contributed by atoms with Crippen LogP contribution in [-0.2, 0) is 4.79 Å². The van der Waals surface area contributed by atoms with Gasteiger partial charge in [0.25, 0.3) is 0 Å². The van der Waals surface area contributed by atoms with E-state index in [0.29, 0.717) is 18.4 Å². The lowest BCUT2D eigenvalue weighted by Gasteiger charge is -2.31. The number of anilines is 3. The molecular weight excluding hydrogens is 270 g/mol. The Labute approximate surface area is 123 Å². The van der Waals surface area contributed by atoms with Crippen LogP contribution in [0, 0.1) is 5.92 Å². The molecule has 21 heavy (non-hydrogen) atoms. The maximum Gasteiger partial charge on any atom is 0.231 e. The van der Waals surface area contributed by atoms with Crippen LogP contribution in [0.1, 0.15) is 25.7 Å². The minimum absolute atomic E-state index is 0.146. The monoisotopic (exact) mass is 291 g/mol. The van der Waals surface area contributed by atoms with E-state index in [1.165, 1.54) is 0 Å². The van der Waals surface area contributed by atoms with E-state index in [4.69, 9.17) is 11.5 Å². The van der Waals surface area contributed by atoms with Gasteiger partial charge in [0.1, 0.15) is 0 Å². The second-order valence-corrected chi connectivity index (χ2v) is 5.68. The average Bonchev–Trinajstić information content (AvgIpc) is 3.01. The van der Waals surface area contributed by atoms with Crippen molar-refractivity contribution >= 4 is 23.8 Å². The van der Waals surface area contributed by atoms with Crippen molar-refractivity contribution < 1.29 is 4.79 Å². The van der Waals surface area contributed by atoms with Gasteiger partial charge in [-0.15, -0.1) is 0 Å². The summed E-state index contributed by atoms with van der Waals surface area (Å²) in [6.07, 6.45) is 4.02. The zero-order chi connectivity index (χ0) is 14.8. The summed E-state index contributed by atoms with van der Waals surface area (Å²) in [5.74, 6) is 1.00. The highest BCUT2D eigenvalue weighted by molar-refractivity contribution is 5.77. The van der Waals surface area contributed by atoms with Crippen molar-refractivity contribution in [3.05, 3.63) is 0 Å². The lowest BCUT2D eigenvalue weighted by molar-refractivity contribution is -0.122. The van der Waals surface area contributed by atoms with Gasteiger partial charge in [0.15, 0.2) is 0 Å². The van der Waals surface area contributed by atoms with Crippen molar-refractivity contribution in [2.45, 2.75) is 25.7 Å². The van der Waals surface area contributed by atoms with E-state index in [1.54, 1.807) is 0 Å². The summed E-state index contributed by atoms with van der Waals surface area (Å²) in [5.41, 5.74) is 11.2. The van der Waals surface area contributed by atoms with Crippen LogP contribution in [0.4, 0.5) is 17.8 Å². The summed E-state index contributed by atoms with van der Waals surface area (Å²) < 4.78 is 0. The molecule has 0 radical (unpaired) electrons. The van der Waals surface area contributed by atoms with Gasteiger partial charge in [-0.05, 0) is 25.7 Å². The van der Waals surface area contributed by atoms with Crippen molar-refractivity contribution in [1.29, 1.82) is 0 Å². The third-order valence-electron chi connectivity index (χ3n) is 4.12. The first-order chi connectivity index (χ1) is 10.1. The molecule has 2 saturated heterocycles. The molecule has 0 aliphatic carbocycles. The first-order valence-corrected chi connectivity index (χ1v) is 7.44. The first kappa shape index (κ1) is 13.8. The van der Waals surface area contributed by atoms with Crippen molar-refractivity contribution in [3.8, 4) is 0 Å². The predicted molar refractivity (Wildman–Crippen MR) is 79.8 cm³/mol. The number of hydrogen-bond donors (Lipinski definition) is 2. The highest BCUT2D eigenvalue weighted by atomic mass is 16.1. The van der Waals surface area contributed by atoms with Gasteiger partial charge in [0.2, 0.25) is 23.8 Å². The van der Waals surface area contributed by atoms with Crippen molar-refractivity contribution in [2.24, 2.45) is 11.7 Å². The number of piperidine rings is 1. The smallest absolute Gasteiger partial charge is 0.231 e. The molecule has 0 saturated carbocycles. The fraction of sp³-hybridized carbons (Fsp3) is 0.692. The summed E-state index contributed by atoms with van der Waals surface area (Å²) in [6.45, 7) is 3.27. The highest BCUT2D eigenvalue weighted by Crippen LogP contribution is 2.23. The molecule has 1 amide bonds. The second kappa shape index (κ2) is 5.71. The number of amides is 1. The molecule has 0 spiro atoms. The number of carbonyl (C=O) groups excluding carboxylic acids is 1. The normalized spacial score (nSPS) is 22.6. The summed E-state index contributed by atoms with van der Waals surface area (Å²) in [4.78, 5) is 28.5. The van der Waals surface area contributed by atoms with E-state index < -0.39 is 0 Å². The number of aromatic nitrogens is 3. The van der Waals surface area contributed by atoms with Crippen LogP contribution in [0.3, 0.4) is 0 Å². The number of primary amides is 1. The second-order valence-electron chi connectivity index (χ2n) is 5.68. The number of hydrogen-bond acceptors (Lipinski definition) is 7. The molecule has 8 heteroatoms. The van der Waals surface area contributed by atoms with Crippen molar-refractivity contribution in [2.75, 3.05) is 41.7 Å². The molecule has 1 aromatic heterocycles. The standard InChI is InChI=1S/C13H21N7O/c14-10(21)9-4-3-7-20(8-9)13-17-11(15)16-12(18-13)19-5-1-2-6-19/h9H,1-8H2,(H2,14,21)(H2,15,16,17,18). The van der Waals surface area contributed by atoms with Crippen LogP contribution in [-0.4, -0.2) is 47.0 Å². The molecule has 0 bridgehead atoms. The topological polar surface area (TPSA) is 114 Å². The summed E-state index contributed by atoms with van der Waals surface area (Å²) in [5, 5.41) is 0. The largest absolute Gasteiger partial charge is 0.369 e. The Morgan fingerprint density at radius 1 is 1.00 bits per heavy atom. The van der Waals surface area contributed by atoms with E-state index >= 15 is 0 Å². The Morgan fingerprint density at radius 3 is 2.29 bits per heavy atom. The van der Waals surface area contributed by atoms with Gasteiger partial charge in [-0.3, -0.25) is 4.79 Å². The Hall–Kier alpha value is -2.12. The van der Waals surface area contributed by atoms with Crippen LogP contribution < -0.4 is 21.3 Å². The highest BCUT2D eigenvalue weighted by Gasteiger charge is 2.27. The summed E-state index contributed by atoms with van der Waals surface area (Å²) in [7, 11) is 0. The van der Waals surface area contributed by atoms with E-state index in [9.17, 15) is 4.79 Å². The number of nitrogens with two attached hydrogens (primary N) is 2. The van der Waals surface area contributed by atoms with Crippen LogP contribution in [0.2, 0.25) is 0 Å². The third kappa shape index (κ3) is 2.98. The van der Waals surface area contributed by atoms with E-state index in [2.05, 4.69) is 19.9 Å². The van der Waals surface area contributed by atoms with Gasteiger partial charge < -0.3 is 21.3 Å². The zero-order valence-electron chi connectivity index (χ0n) is 12.0. The fourth-order valence-electron chi connectivity index (χ4n) is 2.96. The summed E-state index contributed by atoms with van der Waals surface area (Å²) >= 11 is 0. The van der Waals surface area contributed by atoms with Crippen LogP contribution in [0.15, 0.2) is 0 Å². The first-order valence-electron chi connectivity index (χ1n) is 7.44. The lowest BCUT2D eigenvalue weighted by Crippen LogP contribution is -2.42. The Kier molecular flexibility index (Phi) is 3.76. The van der Waals surface area contributed by atoms with Crippen molar-refractivity contribution in [3.63, 3.8) is 0 Å².